The topological polar surface area (TPSA) is 38.1 Å². The zero-order valence-electron chi connectivity index (χ0n) is 12.1. The summed E-state index contributed by atoms with van der Waals surface area (Å²) >= 11 is 1.77. The molecular formula is C15H22N2OS. The van der Waals surface area contributed by atoms with Gasteiger partial charge in [-0.3, -0.25) is 0 Å². The zero-order chi connectivity index (χ0) is 13.8. The van der Waals surface area contributed by atoms with Crippen molar-refractivity contribution in [3.8, 4) is 10.6 Å². The van der Waals surface area contributed by atoms with Gasteiger partial charge in [-0.1, -0.05) is 13.8 Å². The molecule has 0 aliphatic carbocycles. The summed E-state index contributed by atoms with van der Waals surface area (Å²) in [4.78, 5) is 6.88. The number of aryl methyl sites for hydroxylation is 3. The van der Waals surface area contributed by atoms with Gasteiger partial charge in [-0.15, -0.1) is 11.3 Å². The Bertz CT molecular complexity index is 508. The SMILES string of the molecule is Cc1cc(-c2cnc(CCCNC(C)C)o2)sc1C. The average molecular weight is 278 g/mol. The molecule has 0 aromatic carbocycles. The van der Waals surface area contributed by atoms with E-state index in [0.717, 1.165) is 31.0 Å². The Morgan fingerprint density at radius 3 is 2.79 bits per heavy atom. The second-order valence-corrected chi connectivity index (χ2v) is 6.44. The number of nitrogens with one attached hydrogen (secondary N) is 1. The average Bonchev–Trinajstić information content (AvgIpc) is 2.93. The first-order chi connectivity index (χ1) is 9.06. The molecule has 2 heterocycles. The molecule has 1 N–H and O–H groups in total. The predicted molar refractivity (Wildman–Crippen MR) is 80.7 cm³/mol. The maximum Gasteiger partial charge on any atom is 0.194 e. The van der Waals surface area contributed by atoms with E-state index in [2.05, 4.69) is 44.1 Å². The standard InChI is InChI=1S/C15H22N2OS/c1-10(2)16-7-5-6-15-17-9-13(18-15)14-8-11(3)12(4)19-14/h8-10,16H,5-7H2,1-4H3. The van der Waals surface area contributed by atoms with Crippen molar-refractivity contribution in [2.24, 2.45) is 0 Å². The third-order valence-corrected chi connectivity index (χ3v) is 4.25. The number of nitrogens with zero attached hydrogens (tertiary/aromatic N) is 1. The van der Waals surface area contributed by atoms with Crippen molar-refractivity contribution >= 4 is 11.3 Å². The van der Waals surface area contributed by atoms with Crippen LogP contribution in [0.25, 0.3) is 10.6 Å². The smallest absolute Gasteiger partial charge is 0.194 e. The Morgan fingerprint density at radius 1 is 1.37 bits per heavy atom. The van der Waals surface area contributed by atoms with E-state index in [1.807, 2.05) is 6.20 Å². The van der Waals surface area contributed by atoms with Crippen LogP contribution in [0.2, 0.25) is 0 Å². The third-order valence-electron chi connectivity index (χ3n) is 3.08. The van der Waals surface area contributed by atoms with Gasteiger partial charge in [-0.2, -0.15) is 0 Å². The van der Waals surface area contributed by atoms with Crippen molar-refractivity contribution in [2.45, 2.75) is 46.6 Å². The summed E-state index contributed by atoms with van der Waals surface area (Å²) in [5.41, 5.74) is 1.32. The Labute approximate surface area is 119 Å². The first-order valence-corrected chi connectivity index (χ1v) is 7.63. The van der Waals surface area contributed by atoms with Crippen LogP contribution in [-0.2, 0) is 6.42 Å². The van der Waals surface area contributed by atoms with Gasteiger partial charge < -0.3 is 9.73 Å². The van der Waals surface area contributed by atoms with Gasteiger partial charge in [0.15, 0.2) is 11.7 Å². The lowest BCUT2D eigenvalue weighted by molar-refractivity contribution is 0.485. The number of hydrogen-bond donors (Lipinski definition) is 1. The molecule has 0 aliphatic rings. The Hall–Kier alpha value is -1.13. The van der Waals surface area contributed by atoms with E-state index >= 15 is 0 Å². The monoisotopic (exact) mass is 278 g/mol. The van der Waals surface area contributed by atoms with E-state index in [9.17, 15) is 0 Å². The van der Waals surface area contributed by atoms with Crippen LogP contribution in [0.3, 0.4) is 0 Å². The fourth-order valence-corrected chi connectivity index (χ4v) is 2.85. The zero-order valence-corrected chi connectivity index (χ0v) is 12.9. The van der Waals surface area contributed by atoms with Crippen molar-refractivity contribution < 1.29 is 4.42 Å². The summed E-state index contributed by atoms with van der Waals surface area (Å²) < 4.78 is 5.82. The molecule has 2 aromatic rings. The molecule has 2 aromatic heterocycles. The molecule has 104 valence electrons. The van der Waals surface area contributed by atoms with Gasteiger partial charge in [0.25, 0.3) is 0 Å². The number of rotatable bonds is 6. The quantitative estimate of drug-likeness (QED) is 0.813. The number of oxazole rings is 1. The van der Waals surface area contributed by atoms with E-state index in [0.29, 0.717) is 6.04 Å². The van der Waals surface area contributed by atoms with Crippen LogP contribution in [0, 0.1) is 13.8 Å². The first-order valence-electron chi connectivity index (χ1n) is 6.81. The summed E-state index contributed by atoms with van der Waals surface area (Å²) in [5, 5.41) is 3.40. The molecule has 0 unspecified atom stereocenters. The number of aromatic nitrogens is 1. The highest BCUT2D eigenvalue weighted by molar-refractivity contribution is 7.15. The molecule has 0 radical (unpaired) electrons. The molecule has 2 rings (SSSR count). The summed E-state index contributed by atoms with van der Waals surface area (Å²) in [6, 6.07) is 2.71. The fraction of sp³-hybridized carbons (Fsp3) is 0.533. The molecule has 0 bridgehead atoms. The van der Waals surface area contributed by atoms with Crippen molar-refractivity contribution in [3.05, 3.63) is 28.6 Å². The summed E-state index contributed by atoms with van der Waals surface area (Å²) in [6.45, 7) is 9.59. The van der Waals surface area contributed by atoms with Gasteiger partial charge in [-0.05, 0) is 38.4 Å². The second kappa shape index (κ2) is 6.35. The van der Waals surface area contributed by atoms with Crippen molar-refractivity contribution in [1.82, 2.24) is 10.3 Å². The Balaban J connectivity index is 1.92. The maximum absolute atomic E-state index is 5.82. The minimum Gasteiger partial charge on any atom is -0.440 e. The molecule has 0 saturated heterocycles. The van der Waals surface area contributed by atoms with Crippen LogP contribution >= 0.6 is 11.3 Å². The first kappa shape index (κ1) is 14.3. The van der Waals surface area contributed by atoms with Gasteiger partial charge in [0.1, 0.15) is 0 Å². The highest BCUT2D eigenvalue weighted by Gasteiger charge is 2.10. The number of thiophene rings is 1. The Kier molecular flexibility index (Phi) is 4.77. The van der Waals surface area contributed by atoms with E-state index < -0.39 is 0 Å². The van der Waals surface area contributed by atoms with Crippen LogP contribution in [-0.4, -0.2) is 17.6 Å². The van der Waals surface area contributed by atoms with E-state index in [4.69, 9.17) is 4.42 Å². The van der Waals surface area contributed by atoms with Crippen LogP contribution in [0.1, 0.15) is 36.6 Å². The Morgan fingerprint density at radius 2 is 2.16 bits per heavy atom. The van der Waals surface area contributed by atoms with Gasteiger partial charge in [0, 0.05) is 17.3 Å². The van der Waals surface area contributed by atoms with Gasteiger partial charge in [-0.25, -0.2) is 4.98 Å². The summed E-state index contributed by atoms with van der Waals surface area (Å²) in [5.74, 6) is 1.73. The van der Waals surface area contributed by atoms with Gasteiger partial charge in [0.2, 0.25) is 0 Å². The molecule has 0 saturated carbocycles. The normalized spacial score (nSPS) is 11.4. The minimum absolute atomic E-state index is 0.539. The summed E-state index contributed by atoms with van der Waals surface area (Å²) in [7, 11) is 0. The van der Waals surface area contributed by atoms with Crippen LogP contribution in [0.5, 0.6) is 0 Å². The maximum atomic E-state index is 5.82. The molecule has 0 atom stereocenters. The molecular weight excluding hydrogens is 256 g/mol. The highest BCUT2D eigenvalue weighted by atomic mass is 32.1. The van der Waals surface area contributed by atoms with Crippen molar-refractivity contribution in [1.29, 1.82) is 0 Å². The highest BCUT2D eigenvalue weighted by Crippen LogP contribution is 2.31. The molecule has 0 fully saturated rings. The van der Waals surface area contributed by atoms with E-state index in [1.165, 1.54) is 15.3 Å². The minimum atomic E-state index is 0.539. The van der Waals surface area contributed by atoms with Gasteiger partial charge >= 0.3 is 0 Å². The third kappa shape index (κ3) is 3.91. The van der Waals surface area contributed by atoms with Crippen LogP contribution in [0.4, 0.5) is 0 Å². The molecule has 0 spiro atoms. The van der Waals surface area contributed by atoms with E-state index in [1.54, 1.807) is 11.3 Å². The summed E-state index contributed by atoms with van der Waals surface area (Å²) in [6.07, 6.45) is 3.79. The molecule has 4 heteroatoms. The lowest BCUT2D eigenvalue weighted by Crippen LogP contribution is -2.23. The van der Waals surface area contributed by atoms with E-state index in [-0.39, 0.29) is 0 Å². The van der Waals surface area contributed by atoms with Crippen LogP contribution < -0.4 is 5.32 Å². The molecule has 0 amide bonds. The predicted octanol–water partition coefficient (Wildman–Crippen LogP) is 3.95. The molecule has 19 heavy (non-hydrogen) atoms. The van der Waals surface area contributed by atoms with Crippen molar-refractivity contribution in [2.75, 3.05) is 6.54 Å². The lowest BCUT2D eigenvalue weighted by atomic mass is 10.3. The molecule has 3 nitrogen and oxygen atoms in total. The molecule has 0 aliphatic heterocycles. The fourth-order valence-electron chi connectivity index (χ4n) is 1.86. The van der Waals surface area contributed by atoms with Gasteiger partial charge in [0.05, 0.1) is 11.1 Å². The van der Waals surface area contributed by atoms with Crippen molar-refractivity contribution in [3.63, 3.8) is 0 Å². The van der Waals surface area contributed by atoms with Crippen LogP contribution in [0.15, 0.2) is 16.7 Å². The largest absolute Gasteiger partial charge is 0.440 e. The lowest BCUT2D eigenvalue weighted by Gasteiger charge is -2.05. The number of hydrogen-bond acceptors (Lipinski definition) is 4. The second-order valence-electron chi connectivity index (χ2n) is 5.18.